The normalized spacial score (nSPS) is 58.5. The first-order chi connectivity index (χ1) is 10.4. The Hall–Kier alpha value is -0.380. The molecule has 4 aliphatic heterocycles. The summed E-state index contributed by atoms with van der Waals surface area (Å²) in [4.78, 5) is 2.65. The van der Waals surface area contributed by atoms with Crippen LogP contribution in [0, 0.1) is 17.3 Å². The highest BCUT2D eigenvalue weighted by molar-refractivity contribution is 5.32. The summed E-state index contributed by atoms with van der Waals surface area (Å²) in [7, 11) is 0. The Morgan fingerprint density at radius 3 is 2.77 bits per heavy atom. The van der Waals surface area contributed by atoms with Crippen LogP contribution in [-0.4, -0.2) is 41.0 Å². The molecule has 0 radical (unpaired) electrons. The van der Waals surface area contributed by atoms with Crippen molar-refractivity contribution in [2.24, 2.45) is 17.3 Å². The molecule has 0 aromatic heterocycles. The molecule has 0 aromatic carbocycles. The third-order valence-electron chi connectivity index (χ3n) is 7.67. The molecule has 4 heterocycles. The van der Waals surface area contributed by atoms with Gasteiger partial charge < -0.3 is 9.47 Å². The third-order valence-corrected chi connectivity index (χ3v) is 7.67. The fourth-order valence-electron chi connectivity index (χ4n) is 6.30. The Balaban J connectivity index is 1.57. The summed E-state index contributed by atoms with van der Waals surface area (Å²) in [6.45, 7) is 10.8. The molecule has 0 aromatic rings. The van der Waals surface area contributed by atoms with Crippen LogP contribution in [0.5, 0.6) is 0 Å². The van der Waals surface area contributed by atoms with E-state index in [-0.39, 0.29) is 22.8 Å². The molecule has 5 aliphatic rings. The van der Waals surface area contributed by atoms with Gasteiger partial charge in [-0.05, 0) is 45.1 Å². The largest absolute Gasteiger partial charge is 0.359 e. The monoisotopic (exact) mass is 303 g/mol. The van der Waals surface area contributed by atoms with Gasteiger partial charge in [-0.2, -0.15) is 0 Å². The second-order valence-electron chi connectivity index (χ2n) is 9.41. The molecule has 7 atom stereocenters. The maximum atomic E-state index is 6.77. The van der Waals surface area contributed by atoms with Crippen LogP contribution >= 0.6 is 0 Å². The van der Waals surface area contributed by atoms with Gasteiger partial charge in [-0.15, -0.1) is 0 Å². The van der Waals surface area contributed by atoms with Gasteiger partial charge in [0.1, 0.15) is 11.8 Å². The molecule has 0 N–H and O–H groups in total. The summed E-state index contributed by atoms with van der Waals surface area (Å²) in [6.07, 6.45) is 10.5. The minimum absolute atomic E-state index is 0.114. The van der Waals surface area contributed by atoms with Crippen molar-refractivity contribution in [1.82, 2.24) is 4.90 Å². The number of hydrogen-bond acceptors (Lipinski definition) is 3. The van der Waals surface area contributed by atoms with Crippen molar-refractivity contribution < 1.29 is 9.47 Å². The maximum absolute atomic E-state index is 6.77. The van der Waals surface area contributed by atoms with Gasteiger partial charge in [-0.1, -0.05) is 26.3 Å². The van der Waals surface area contributed by atoms with Gasteiger partial charge in [0.25, 0.3) is 0 Å². The van der Waals surface area contributed by atoms with Crippen LogP contribution < -0.4 is 0 Å². The minimum Gasteiger partial charge on any atom is -0.359 e. The topological polar surface area (TPSA) is 21.7 Å². The van der Waals surface area contributed by atoms with Crippen molar-refractivity contribution in [2.45, 2.75) is 83.0 Å². The van der Waals surface area contributed by atoms with Crippen LogP contribution in [0.25, 0.3) is 0 Å². The van der Waals surface area contributed by atoms with Gasteiger partial charge in [0.05, 0.1) is 12.2 Å². The van der Waals surface area contributed by atoms with Crippen LogP contribution in [0.4, 0.5) is 0 Å². The zero-order valence-corrected chi connectivity index (χ0v) is 14.3. The molecule has 0 amide bonds. The van der Waals surface area contributed by atoms with Crippen LogP contribution in [0.3, 0.4) is 0 Å². The fraction of sp³-hybridized carbons (Fsp3) is 0.895. The predicted octanol–water partition coefficient (Wildman–Crippen LogP) is 3.35. The minimum atomic E-state index is -0.194. The summed E-state index contributed by atoms with van der Waals surface area (Å²) < 4.78 is 13.2. The Labute approximate surface area is 134 Å². The maximum Gasteiger partial charge on any atom is 0.145 e. The number of ether oxygens (including phenoxy) is 2. The number of fused-ring (bicyclic) bond motifs is 3. The number of rotatable bonds is 0. The summed E-state index contributed by atoms with van der Waals surface area (Å²) >= 11 is 0. The van der Waals surface area contributed by atoms with Crippen LogP contribution in [0.15, 0.2) is 12.2 Å². The van der Waals surface area contributed by atoms with Crippen molar-refractivity contribution >= 4 is 0 Å². The Morgan fingerprint density at radius 2 is 2.00 bits per heavy atom. The molecule has 0 unspecified atom stereocenters. The highest BCUT2D eigenvalue weighted by Gasteiger charge is 2.72. The van der Waals surface area contributed by atoms with Gasteiger partial charge in [0.15, 0.2) is 0 Å². The Bertz CT molecular complexity index is 544. The summed E-state index contributed by atoms with van der Waals surface area (Å²) in [6, 6.07) is 0. The fourth-order valence-corrected chi connectivity index (χ4v) is 6.30. The summed E-state index contributed by atoms with van der Waals surface area (Å²) in [5, 5.41) is 0. The van der Waals surface area contributed by atoms with Crippen LogP contribution in [0.1, 0.15) is 53.4 Å². The van der Waals surface area contributed by atoms with Crippen molar-refractivity contribution in [1.29, 1.82) is 0 Å². The van der Waals surface area contributed by atoms with Crippen LogP contribution in [0.2, 0.25) is 0 Å². The van der Waals surface area contributed by atoms with E-state index in [2.05, 4.69) is 44.7 Å². The van der Waals surface area contributed by atoms with Gasteiger partial charge >= 0.3 is 0 Å². The van der Waals surface area contributed by atoms with E-state index in [9.17, 15) is 0 Å². The molecular weight excluding hydrogens is 274 g/mol. The van der Waals surface area contributed by atoms with Gasteiger partial charge in [0, 0.05) is 23.4 Å². The first kappa shape index (κ1) is 14.0. The lowest BCUT2D eigenvalue weighted by Crippen LogP contribution is -2.65. The number of nitrogens with zero attached hydrogens (tertiary/aromatic N) is 1. The molecule has 122 valence electrons. The Kier molecular flexibility index (Phi) is 2.54. The molecule has 3 nitrogen and oxygen atoms in total. The molecule has 2 bridgehead atoms. The average molecular weight is 303 g/mol. The van der Waals surface area contributed by atoms with Crippen LogP contribution in [-0.2, 0) is 9.47 Å². The highest BCUT2D eigenvalue weighted by Crippen LogP contribution is 2.63. The molecule has 3 heteroatoms. The first-order valence-electron chi connectivity index (χ1n) is 9.15. The molecule has 1 saturated carbocycles. The number of hydrogen-bond donors (Lipinski definition) is 0. The summed E-state index contributed by atoms with van der Waals surface area (Å²) in [5.41, 5.74) is 0.235. The zero-order chi connectivity index (χ0) is 15.3. The second-order valence-corrected chi connectivity index (χ2v) is 9.41. The van der Waals surface area contributed by atoms with E-state index in [0.29, 0.717) is 18.1 Å². The van der Waals surface area contributed by atoms with E-state index < -0.39 is 0 Å². The highest BCUT2D eigenvalue weighted by atomic mass is 16.6. The first-order valence-corrected chi connectivity index (χ1v) is 9.15. The lowest BCUT2D eigenvalue weighted by molar-refractivity contribution is -0.255. The van der Waals surface area contributed by atoms with Crippen molar-refractivity contribution in [3.8, 4) is 0 Å². The third kappa shape index (κ3) is 1.44. The van der Waals surface area contributed by atoms with Crippen molar-refractivity contribution in [2.75, 3.05) is 6.54 Å². The standard InChI is InChI=1S/C19H29NO2/c1-12-5-6-14-15(9-12)21-16-19-8-7-13(22-19)10-18(19,4)11-20(16)17(14,2)3/h7-8,12-16H,5-6,9-11H2,1-4H3/t12-,13+,14-,15-,16+,18-,19+/m1/s1. The van der Waals surface area contributed by atoms with Crippen molar-refractivity contribution in [3.05, 3.63) is 12.2 Å². The molecule has 22 heavy (non-hydrogen) atoms. The summed E-state index contributed by atoms with van der Waals surface area (Å²) in [5.74, 6) is 1.46. The van der Waals surface area contributed by atoms with Gasteiger partial charge in [0.2, 0.25) is 0 Å². The Morgan fingerprint density at radius 1 is 1.18 bits per heavy atom. The quantitative estimate of drug-likeness (QED) is 0.641. The molecular formula is C19H29NO2. The van der Waals surface area contributed by atoms with Crippen molar-refractivity contribution in [3.63, 3.8) is 0 Å². The van der Waals surface area contributed by atoms with E-state index in [1.165, 1.54) is 19.3 Å². The van der Waals surface area contributed by atoms with E-state index in [4.69, 9.17) is 9.47 Å². The van der Waals surface area contributed by atoms with Gasteiger partial charge in [-0.3, -0.25) is 4.90 Å². The van der Waals surface area contributed by atoms with E-state index in [1.807, 2.05) is 0 Å². The average Bonchev–Trinajstić information content (AvgIpc) is 3.04. The van der Waals surface area contributed by atoms with E-state index >= 15 is 0 Å². The molecule has 3 saturated heterocycles. The lowest BCUT2D eigenvalue weighted by atomic mass is 9.69. The zero-order valence-electron chi connectivity index (χ0n) is 14.3. The van der Waals surface area contributed by atoms with Gasteiger partial charge in [-0.25, -0.2) is 0 Å². The molecule has 1 spiro atoms. The lowest BCUT2D eigenvalue weighted by Gasteiger charge is -2.56. The SMILES string of the molecule is C[C@@H]1CC[C@@H]2[C@@H](C1)O[C@@H]1N(C[C@@]3(C)C[C@@H]4C=C[C@]13O4)C2(C)C. The smallest absolute Gasteiger partial charge is 0.145 e. The molecule has 4 fully saturated rings. The van der Waals surface area contributed by atoms with E-state index in [1.54, 1.807) is 0 Å². The predicted molar refractivity (Wildman–Crippen MR) is 85.4 cm³/mol. The van der Waals surface area contributed by atoms with E-state index in [0.717, 1.165) is 18.9 Å². The molecule has 5 rings (SSSR count). The second kappa shape index (κ2) is 3.99. The molecule has 1 aliphatic carbocycles.